The quantitative estimate of drug-likeness (QED) is 0.681. The molecule has 140 valence electrons. The SMILES string of the molecule is Cn1c(C(=O)NCC(=O)NCCc2ccc3c(c2)OCO3)cc2sccc21. The summed E-state index contributed by atoms with van der Waals surface area (Å²) in [5, 5.41) is 7.47. The molecule has 1 aliphatic heterocycles. The Morgan fingerprint density at radius 2 is 2.00 bits per heavy atom. The number of hydrogen-bond donors (Lipinski definition) is 2. The van der Waals surface area contributed by atoms with Crippen LogP contribution in [0.25, 0.3) is 10.2 Å². The number of rotatable bonds is 6. The Kier molecular flexibility index (Phi) is 4.72. The molecule has 0 radical (unpaired) electrons. The smallest absolute Gasteiger partial charge is 0.268 e. The average Bonchev–Trinajstić information content (AvgIpc) is 3.37. The molecule has 0 unspecified atom stereocenters. The van der Waals surface area contributed by atoms with Crippen LogP contribution in [0.4, 0.5) is 0 Å². The fraction of sp³-hybridized carbons (Fsp3) is 0.263. The van der Waals surface area contributed by atoms with Gasteiger partial charge in [0.2, 0.25) is 12.7 Å². The predicted octanol–water partition coefficient (Wildman–Crippen LogP) is 2.06. The summed E-state index contributed by atoms with van der Waals surface area (Å²) in [7, 11) is 1.84. The summed E-state index contributed by atoms with van der Waals surface area (Å²) in [6.07, 6.45) is 0.671. The molecule has 27 heavy (non-hydrogen) atoms. The first-order valence-electron chi connectivity index (χ1n) is 8.58. The maximum atomic E-state index is 12.3. The largest absolute Gasteiger partial charge is 0.454 e. The number of amides is 2. The number of fused-ring (bicyclic) bond motifs is 2. The van der Waals surface area contributed by atoms with Gasteiger partial charge in [0.05, 0.1) is 16.8 Å². The molecule has 2 aromatic heterocycles. The Morgan fingerprint density at radius 1 is 1.15 bits per heavy atom. The first kappa shape index (κ1) is 17.4. The number of ether oxygens (including phenoxy) is 2. The molecule has 0 atom stereocenters. The van der Waals surface area contributed by atoms with E-state index in [0.29, 0.717) is 18.7 Å². The van der Waals surface area contributed by atoms with Crippen LogP contribution in [0.5, 0.6) is 11.5 Å². The van der Waals surface area contributed by atoms with Gasteiger partial charge in [0.1, 0.15) is 5.69 Å². The van der Waals surface area contributed by atoms with Crippen molar-refractivity contribution in [3.05, 3.63) is 47.0 Å². The van der Waals surface area contributed by atoms with Gasteiger partial charge in [-0.05, 0) is 41.6 Å². The van der Waals surface area contributed by atoms with Crippen LogP contribution < -0.4 is 20.1 Å². The Hall–Kier alpha value is -3.00. The maximum absolute atomic E-state index is 12.3. The molecule has 0 saturated heterocycles. The number of carbonyl (C=O) groups excluding carboxylic acids is 2. The van der Waals surface area contributed by atoms with Crippen LogP contribution in [0.3, 0.4) is 0 Å². The van der Waals surface area contributed by atoms with Gasteiger partial charge in [0.25, 0.3) is 5.91 Å². The summed E-state index contributed by atoms with van der Waals surface area (Å²) in [5.41, 5.74) is 2.61. The highest BCUT2D eigenvalue weighted by atomic mass is 32.1. The van der Waals surface area contributed by atoms with Crippen molar-refractivity contribution in [2.45, 2.75) is 6.42 Å². The maximum Gasteiger partial charge on any atom is 0.268 e. The molecule has 3 heterocycles. The molecule has 0 spiro atoms. The van der Waals surface area contributed by atoms with Crippen LogP contribution in [0.15, 0.2) is 35.7 Å². The molecule has 0 fully saturated rings. The van der Waals surface area contributed by atoms with Crippen molar-refractivity contribution in [3.63, 3.8) is 0 Å². The number of nitrogens with zero attached hydrogens (tertiary/aromatic N) is 1. The number of thiophene rings is 1. The van der Waals surface area contributed by atoms with Crippen molar-refractivity contribution in [2.75, 3.05) is 19.9 Å². The highest BCUT2D eigenvalue weighted by Gasteiger charge is 2.15. The number of aryl methyl sites for hydroxylation is 1. The molecule has 2 N–H and O–H groups in total. The Balaban J connectivity index is 1.24. The lowest BCUT2D eigenvalue weighted by Crippen LogP contribution is -2.38. The molecule has 0 aliphatic carbocycles. The van der Waals surface area contributed by atoms with Gasteiger partial charge in [-0.1, -0.05) is 6.07 Å². The molecule has 0 saturated carbocycles. The molecular weight excluding hydrogens is 366 g/mol. The van der Waals surface area contributed by atoms with Crippen LogP contribution in [0.1, 0.15) is 16.1 Å². The molecular formula is C19H19N3O4S. The zero-order chi connectivity index (χ0) is 18.8. The molecule has 0 bridgehead atoms. The van der Waals surface area contributed by atoms with Gasteiger partial charge in [-0.25, -0.2) is 0 Å². The minimum atomic E-state index is -0.258. The lowest BCUT2D eigenvalue weighted by Gasteiger charge is -2.08. The van der Waals surface area contributed by atoms with Gasteiger partial charge < -0.3 is 24.7 Å². The van der Waals surface area contributed by atoms with Crippen LogP contribution in [0, 0.1) is 0 Å². The molecule has 1 aromatic carbocycles. The minimum Gasteiger partial charge on any atom is -0.454 e. The first-order valence-corrected chi connectivity index (χ1v) is 9.46. The zero-order valence-corrected chi connectivity index (χ0v) is 15.6. The molecule has 4 rings (SSSR count). The third kappa shape index (κ3) is 3.61. The van der Waals surface area contributed by atoms with Crippen LogP contribution in [-0.2, 0) is 18.3 Å². The normalized spacial score (nSPS) is 12.3. The summed E-state index contributed by atoms with van der Waals surface area (Å²) in [6.45, 7) is 0.668. The summed E-state index contributed by atoms with van der Waals surface area (Å²) in [4.78, 5) is 24.3. The van der Waals surface area contributed by atoms with Crippen molar-refractivity contribution < 1.29 is 19.1 Å². The van der Waals surface area contributed by atoms with Gasteiger partial charge in [-0.2, -0.15) is 0 Å². The van der Waals surface area contributed by atoms with Crippen molar-refractivity contribution in [3.8, 4) is 11.5 Å². The fourth-order valence-electron chi connectivity index (χ4n) is 3.02. The van der Waals surface area contributed by atoms with Crippen molar-refractivity contribution in [2.24, 2.45) is 7.05 Å². The standard InChI is InChI=1S/C19H19N3O4S/c1-22-13-5-7-27-17(13)9-14(22)19(24)21-10-18(23)20-6-4-12-2-3-15-16(8-12)26-11-25-15/h2-3,5,7-9H,4,6,10-11H2,1H3,(H,20,23)(H,21,24). The van der Waals surface area contributed by atoms with Crippen molar-refractivity contribution >= 4 is 33.4 Å². The van der Waals surface area contributed by atoms with E-state index in [1.54, 1.807) is 11.3 Å². The molecule has 8 heteroatoms. The van der Waals surface area contributed by atoms with Crippen LogP contribution >= 0.6 is 11.3 Å². The van der Waals surface area contributed by atoms with E-state index in [0.717, 1.165) is 27.3 Å². The van der Waals surface area contributed by atoms with E-state index >= 15 is 0 Å². The van der Waals surface area contributed by atoms with E-state index in [1.165, 1.54) is 0 Å². The second-order valence-corrected chi connectivity index (χ2v) is 7.18. The molecule has 3 aromatic rings. The second-order valence-electron chi connectivity index (χ2n) is 6.23. The first-order chi connectivity index (χ1) is 13.1. The average molecular weight is 385 g/mol. The second kappa shape index (κ2) is 7.32. The number of aromatic nitrogens is 1. The minimum absolute atomic E-state index is 0.0567. The monoisotopic (exact) mass is 385 g/mol. The number of benzene rings is 1. The molecule has 7 nitrogen and oxygen atoms in total. The summed E-state index contributed by atoms with van der Waals surface area (Å²) >= 11 is 1.58. The van der Waals surface area contributed by atoms with Gasteiger partial charge in [-0.3, -0.25) is 9.59 Å². The molecule has 1 aliphatic rings. The van der Waals surface area contributed by atoms with E-state index in [-0.39, 0.29) is 25.2 Å². The van der Waals surface area contributed by atoms with E-state index < -0.39 is 0 Å². The lowest BCUT2D eigenvalue weighted by atomic mass is 10.1. The van der Waals surface area contributed by atoms with E-state index in [9.17, 15) is 9.59 Å². The van der Waals surface area contributed by atoms with Gasteiger partial charge in [0.15, 0.2) is 11.5 Å². The number of hydrogen-bond acceptors (Lipinski definition) is 5. The predicted molar refractivity (Wildman–Crippen MR) is 102 cm³/mol. The number of carbonyl (C=O) groups is 2. The Bertz CT molecular complexity index is 1010. The van der Waals surface area contributed by atoms with E-state index in [2.05, 4.69) is 10.6 Å². The summed E-state index contributed by atoms with van der Waals surface area (Å²) in [6, 6.07) is 9.54. The summed E-state index contributed by atoms with van der Waals surface area (Å²) in [5.74, 6) is 0.992. The highest BCUT2D eigenvalue weighted by molar-refractivity contribution is 7.17. The lowest BCUT2D eigenvalue weighted by molar-refractivity contribution is -0.120. The van der Waals surface area contributed by atoms with Crippen LogP contribution in [-0.4, -0.2) is 36.3 Å². The third-order valence-electron chi connectivity index (χ3n) is 4.48. The van der Waals surface area contributed by atoms with E-state index in [4.69, 9.17) is 9.47 Å². The third-order valence-corrected chi connectivity index (χ3v) is 5.33. The van der Waals surface area contributed by atoms with Gasteiger partial charge in [0, 0.05) is 13.6 Å². The van der Waals surface area contributed by atoms with Gasteiger partial charge >= 0.3 is 0 Å². The van der Waals surface area contributed by atoms with Crippen molar-refractivity contribution in [1.29, 1.82) is 0 Å². The molecule has 2 amide bonds. The Labute approximate surface area is 159 Å². The van der Waals surface area contributed by atoms with E-state index in [1.807, 2.05) is 47.3 Å². The van der Waals surface area contributed by atoms with Crippen LogP contribution in [0.2, 0.25) is 0 Å². The Morgan fingerprint density at radius 3 is 2.85 bits per heavy atom. The topological polar surface area (TPSA) is 81.6 Å². The zero-order valence-electron chi connectivity index (χ0n) is 14.8. The highest BCUT2D eigenvalue weighted by Crippen LogP contribution is 2.32. The summed E-state index contributed by atoms with van der Waals surface area (Å²) < 4.78 is 13.5. The van der Waals surface area contributed by atoms with Gasteiger partial charge in [-0.15, -0.1) is 11.3 Å². The fourth-order valence-corrected chi connectivity index (χ4v) is 3.87. The van der Waals surface area contributed by atoms with Crippen molar-refractivity contribution in [1.82, 2.24) is 15.2 Å². The number of nitrogens with one attached hydrogen (secondary N) is 2.